The Morgan fingerprint density at radius 3 is 1.81 bits per heavy atom. The Kier molecular flexibility index (Phi) is 5.72. The number of nitrogens with zero attached hydrogens (tertiary/aromatic N) is 1. The van der Waals surface area contributed by atoms with Crippen molar-refractivity contribution >= 4 is 23.0 Å². The van der Waals surface area contributed by atoms with Gasteiger partial charge >= 0.3 is 11.4 Å². The third-order valence-corrected chi connectivity index (χ3v) is 7.99. The smallest absolute Gasteiger partial charge is 0.405 e. The molecular formula is C26H29ClNO4+. The van der Waals surface area contributed by atoms with Crippen LogP contribution in [0.1, 0.15) is 49.7 Å². The second-order valence-corrected chi connectivity index (χ2v) is 9.70. The minimum absolute atomic E-state index is 0.176. The lowest BCUT2D eigenvalue weighted by atomic mass is 9.85. The van der Waals surface area contributed by atoms with Gasteiger partial charge in [-0.3, -0.25) is 0 Å². The van der Waals surface area contributed by atoms with E-state index in [0.717, 1.165) is 12.8 Å². The molecule has 0 aliphatic carbocycles. The summed E-state index contributed by atoms with van der Waals surface area (Å²) in [7, 11) is 0. The number of hydrogen-bond donors (Lipinski definition) is 0. The molecular weight excluding hydrogens is 426 g/mol. The highest BCUT2D eigenvalue weighted by molar-refractivity contribution is 6.61. The fourth-order valence-corrected chi connectivity index (χ4v) is 6.68. The fourth-order valence-electron chi connectivity index (χ4n) is 6.57. The van der Waals surface area contributed by atoms with Gasteiger partial charge in [-0.05, 0) is 0 Å². The van der Waals surface area contributed by atoms with Gasteiger partial charge < -0.3 is 14.0 Å². The van der Waals surface area contributed by atoms with Gasteiger partial charge in [-0.25, -0.2) is 9.59 Å². The van der Waals surface area contributed by atoms with Crippen molar-refractivity contribution in [2.45, 2.75) is 62.3 Å². The van der Waals surface area contributed by atoms with Gasteiger partial charge in [0.15, 0.2) is 0 Å². The van der Waals surface area contributed by atoms with Crippen molar-refractivity contribution in [2.75, 3.05) is 13.1 Å². The highest BCUT2D eigenvalue weighted by Gasteiger charge is 2.57. The molecule has 3 fully saturated rings. The zero-order valence-electron chi connectivity index (χ0n) is 18.1. The molecule has 0 saturated carbocycles. The maximum Gasteiger partial charge on any atom is 0.405 e. The van der Waals surface area contributed by atoms with Crippen molar-refractivity contribution in [3.8, 4) is 0 Å². The Hall–Kier alpha value is -2.37. The molecule has 5 rings (SSSR count). The minimum atomic E-state index is -1.74. The van der Waals surface area contributed by atoms with Gasteiger partial charge in [0.2, 0.25) is 0 Å². The summed E-state index contributed by atoms with van der Waals surface area (Å²) in [6.45, 7) is 2.52. The maximum atomic E-state index is 13.9. The molecule has 32 heavy (non-hydrogen) atoms. The van der Waals surface area contributed by atoms with Gasteiger partial charge in [-0.15, -0.1) is 0 Å². The van der Waals surface area contributed by atoms with E-state index in [4.69, 9.17) is 21.1 Å². The van der Waals surface area contributed by atoms with Gasteiger partial charge in [-0.1, -0.05) is 60.7 Å². The second kappa shape index (κ2) is 8.53. The molecule has 0 radical (unpaired) electrons. The van der Waals surface area contributed by atoms with E-state index >= 15 is 0 Å². The first-order valence-corrected chi connectivity index (χ1v) is 12.0. The van der Waals surface area contributed by atoms with E-state index in [1.165, 1.54) is 43.3 Å². The Labute approximate surface area is 193 Å². The maximum absolute atomic E-state index is 13.9. The molecule has 3 aliphatic rings. The zero-order valence-corrected chi connectivity index (χ0v) is 18.9. The third kappa shape index (κ3) is 3.52. The average molecular weight is 455 g/mol. The number of rotatable bonds is 5. The third-order valence-electron chi connectivity index (χ3n) is 7.91. The molecule has 0 aromatic heterocycles. The monoisotopic (exact) mass is 454 g/mol. The first kappa shape index (κ1) is 21.5. The van der Waals surface area contributed by atoms with Crippen LogP contribution >= 0.6 is 11.6 Å². The molecule has 2 atom stereocenters. The van der Waals surface area contributed by atoms with Crippen LogP contribution in [0, 0.1) is 0 Å². The van der Waals surface area contributed by atoms with Crippen LogP contribution in [-0.4, -0.2) is 47.2 Å². The van der Waals surface area contributed by atoms with E-state index in [9.17, 15) is 9.59 Å². The summed E-state index contributed by atoms with van der Waals surface area (Å²) < 4.78 is 13.0. The molecule has 0 N–H and O–H groups in total. The summed E-state index contributed by atoms with van der Waals surface area (Å²) in [5, 5.41) is 0. The molecule has 2 bridgehead atoms. The normalized spacial score (nSPS) is 26.1. The van der Waals surface area contributed by atoms with E-state index < -0.39 is 17.0 Å². The van der Waals surface area contributed by atoms with E-state index in [1.807, 2.05) is 36.4 Å². The Balaban J connectivity index is 1.47. The number of piperidine rings is 1. The van der Waals surface area contributed by atoms with Gasteiger partial charge in [-0.2, -0.15) is 0 Å². The average Bonchev–Trinajstić information content (AvgIpc) is 3.35. The van der Waals surface area contributed by atoms with Crippen molar-refractivity contribution in [2.24, 2.45) is 0 Å². The molecule has 2 aromatic carbocycles. The summed E-state index contributed by atoms with van der Waals surface area (Å²) in [4.78, 5) is 25.9. The Bertz CT molecular complexity index is 918. The molecule has 5 nitrogen and oxygen atoms in total. The second-order valence-electron chi connectivity index (χ2n) is 9.39. The largest absolute Gasteiger partial charge is 0.458 e. The molecule has 0 amide bonds. The number of halogens is 1. The number of hydrogen-bond acceptors (Lipinski definition) is 4. The number of carbonyl (C=O) groups is 2. The van der Waals surface area contributed by atoms with Crippen LogP contribution in [0.2, 0.25) is 0 Å². The van der Waals surface area contributed by atoms with E-state index in [2.05, 4.69) is 0 Å². The van der Waals surface area contributed by atoms with Crippen LogP contribution in [0.5, 0.6) is 0 Å². The SMILES string of the molecule is O=C(Cl)OC(C(=O)OC1CC2CCC(C1)[N+]21CCCC1)(c1ccccc1)c1ccccc1. The van der Waals surface area contributed by atoms with E-state index in [-0.39, 0.29) is 6.10 Å². The van der Waals surface area contributed by atoms with Crippen LogP contribution in [0.3, 0.4) is 0 Å². The number of quaternary nitrogens is 1. The Morgan fingerprint density at radius 2 is 1.34 bits per heavy atom. The van der Waals surface area contributed by atoms with Gasteiger partial charge in [0.05, 0.1) is 25.2 Å². The van der Waals surface area contributed by atoms with Crippen LogP contribution in [-0.2, 0) is 19.9 Å². The first-order valence-electron chi connectivity index (χ1n) is 11.6. The molecule has 3 aliphatic heterocycles. The minimum Gasteiger partial charge on any atom is -0.458 e. The van der Waals surface area contributed by atoms with Crippen LogP contribution in [0.25, 0.3) is 0 Å². The molecule has 2 unspecified atom stereocenters. The lowest BCUT2D eigenvalue weighted by Crippen LogP contribution is -2.60. The van der Waals surface area contributed by atoms with Crippen LogP contribution in [0.4, 0.5) is 4.79 Å². The lowest BCUT2D eigenvalue weighted by molar-refractivity contribution is -0.956. The summed E-state index contributed by atoms with van der Waals surface area (Å²) in [6, 6.07) is 19.1. The number of carbonyl (C=O) groups excluding carboxylic acids is 2. The number of ether oxygens (including phenoxy) is 2. The van der Waals surface area contributed by atoms with Crippen molar-refractivity contribution < 1.29 is 23.5 Å². The van der Waals surface area contributed by atoms with Crippen LogP contribution < -0.4 is 0 Å². The van der Waals surface area contributed by atoms with Gasteiger partial charge in [0, 0.05) is 61.3 Å². The van der Waals surface area contributed by atoms with Crippen LogP contribution in [0.15, 0.2) is 60.7 Å². The molecule has 2 aromatic rings. The molecule has 168 valence electrons. The summed E-state index contributed by atoms with van der Waals surface area (Å²) in [5.41, 5.74) is -1.74. The topological polar surface area (TPSA) is 52.6 Å². The zero-order chi connectivity index (χ0) is 22.2. The van der Waals surface area contributed by atoms with Crippen molar-refractivity contribution in [3.05, 3.63) is 71.8 Å². The van der Waals surface area contributed by atoms with E-state index in [1.54, 1.807) is 24.3 Å². The predicted molar refractivity (Wildman–Crippen MR) is 121 cm³/mol. The first-order chi connectivity index (χ1) is 15.5. The molecule has 3 heterocycles. The van der Waals surface area contributed by atoms with Crippen molar-refractivity contribution in [1.29, 1.82) is 0 Å². The summed E-state index contributed by atoms with van der Waals surface area (Å²) in [6.07, 6.45) is 6.58. The van der Waals surface area contributed by atoms with Gasteiger partial charge in [0.1, 0.15) is 6.10 Å². The highest BCUT2D eigenvalue weighted by atomic mass is 35.5. The summed E-state index contributed by atoms with van der Waals surface area (Å²) >= 11 is 5.72. The lowest BCUT2D eigenvalue weighted by Gasteiger charge is -2.47. The standard InChI is InChI=1S/C26H29ClNO4/c27-25(30)32-26(19-9-3-1-4-10-19,20-11-5-2-6-12-20)24(29)31-23-17-21-13-14-22(18-23)28(21)15-7-8-16-28/h1-6,9-12,21-23H,7-8,13-18H2/q+1. The highest BCUT2D eigenvalue weighted by Crippen LogP contribution is 2.47. The number of esters is 1. The molecule has 6 heteroatoms. The van der Waals surface area contributed by atoms with Crippen molar-refractivity contribution in [3.63, 3.8) is 0 Å². The predicted octanol–water partition coefficient (Wildman–Crippen LogP) is 5.15. The quantitative estimate of drug-likeness (QED) is 0.356. The Morgan fingerprint density at radius 1 is 0.844 bits per heavy atom. The van der Waals surface area contributed by atoms with E-state index in [0.29, 0.717) is 23.2 Å². The summed E-state index contributed by atoms with van der Waals surface area (Å²) in [5.74, 6) is -0.580. The fraction of sp³-hybridized carbons (Fsp3) is 0.462. The number of benzene rings is 2. The molecule has 3 saturated heterocycles. The van der Waals surface area contributed by atoms with Crippen molar-refractivity contribution in [1.82, 2.24) is 0 Å². The van der Waals surface area contributed by atoms with Gasteiger partial charge in [0.25, 0.3) is 5.60 Å². The molecule has 1 spiro atoms.